The van der Waals surface area contributed by atoms with E-state index >= 15 is 0 Å². The molecule has 1 amide bonds. The molecular weight excluding hydrogens is 471 g/mol. The molecule has 4 aromatic rings. The molecule has 2 aromatic heterocycles. The lowest BCUT2D eigenvalue weighted by Gasteiger charge is -2.34. The third kappa shape index (κ3) is 5.46. The van der Waals surface area contributed by atoms with Gasteiger partial charge in [0.2, 0.25) is 0 Å². The highest BCUT2D eigenvalue weighted by Crippen LogP contribution is 2.30. The molecule has 2 heterocycles. The van der Waals surface area contributed by atoms with Crippen LogP contribution in [0.25, 0.3) is 11.2 Å². The lowest BCUT2D eigenvalue weighted by molar-refractivity contribution is 0.0891. The zero-order chi connectivity index (χ0) is 25.1. The predicted molar refractivity (Wildman–Crippen MR) is 142 cm³/mol. The maximum atomic E-state index is 13.6. The van der Waals surface area contributed by atoms with Gasteiger partial charge in [0.15, 0.2) is 10.8 Å². The summed E-state index contributed by atoms with van der Waals surface area (Å²) in [6.45, 7) is 5.10. The Kier molecular flexibility index (Phi) is 7.37. The molecule has 1 fully saturated rings. The van der Waals surface area contributed by atoms with E-state index in [0.29, 0.717) is 29.7 Å². The van der Waals surface area contributed by atoms with E-state index in [4.69, 9.17) is 4.98 Å². The van der Waals surface area contributed by atoms with Gasteiger partial charge in [-0.05, 0) is 65.8 Å². The molecule has 186 valence electrons. The molecule has 5 rings (SSSR count). The fraction of sp³-hybridized carbons (Fsp3) is 0.345. The van der Waals surface area contributed by atoms with Gasteiger partial charge >= 0.3 is 0 Å². The van der Waals surface area contributed by atoms with Crippen LogP contribution in [0.5, 0.6) is 0 Å². The fourth-order valence-electron chi connectivity index (χ4n) is 4.95. The van der Waals surface area contributed by atoms with Gasteiger partial charge in [-0.2, -0.15) is 0 Å². The average molecular weight is 503 g/mol. The molecule has 2 aromatic carbocycles. The maximum Gasteiger partial charge on any atom is 0.251 e. The zero-order valence-corrected chi connectivity index (χ0v) is 21.5. The smallest absolute Gasteiger partial charge is 0.251 e. The van der Waals surface area contributed by atoms with Crippen LogP contribution in [0.15, 0.2) is 72.0 Å². The summed E-state index contributed by atoms with van der Waals surface area (Å²) in [6.07, 6.45) is 5.22. The second kappa shape index (κ2) is 10.8. The van der Waals surface area contributed by atoms with E-state index in [1.165, 1.54) is 18.9 Å². The summed E-state index contributed by atoms with van der Waals surface area (Å²) in [7, 11) is 0. The van der Waals surface area contributed by atoms with Crippen molar-refractivity contribution in [1.29, 1.82) is 0 Å². The molecule has 36 heavy (non-hydrogen) atoms. The van der Waals surface area contributed by atoms with E-state index < -0.39 is 0 Å². The number of nitrogens with one attached hydrogen (secondary N) is 1. The topological polar surface area (TPSA) is 59.8 Å². The van der Waals surface area contributed by atoms with Crippen LogP contribution < -0.4 is 5.32 Å². The summed E-state index contributed by atoms with van der Waals surface area (Å²) in [4.78, 5) is 22.2. The van der Waals surface area contributed by atoms with Gasteiger partial charge in [-0.15, -0.1) is 0 Å². The Hall–Kier alpha value is -3.19. The lowest BCUT2D eigenvalue weighted by atomic mass is 9.78. The van der Waals surface area contributed by atoms with Gasteiger partial charge < -0.3 is 5.32 Å². The number of halogens is 1. The maximum absolute atomic E-state index is 13.6. The van der Waals surface area contributed by atoms with Crippen LogP contribution in [-0.2, 0) is 12.3 Å². The molecule has 1 aliphatic rings. The van der Waals surface area contributed by atoms with Crippen LogP contribution >= 0.6 is 11.8 Å². The number of benzene rings is 2. The molecule has 5 nitrogen and oxygen atoms in total. The Bertz CT molecular complexity index is 1350. The molecule has 0 unspecified atom stereocenters. The normalized spacial score (nSPS) is 19.9. The summed E-state index contributed by atoms with van der Waals surface area (Å²) >= 11 is 1.56. The number of nitrogens with zero attached hydrogens (tertiary/aromatic N) is 3. The average Bonchev–Trinajstić information content (AvgIpc) is 3.23. The van der Waals surface area contributed by atoms with Gasteiger partial charge in [0.05, 0.1) is 6.54 Å². The highest BCUT2D eigenvalue weighted by Gasteiger charge is 2.28. The Morgan fingerprint density at radius 3 is 2.72 bits per heavy atom. The van der Waals surface area contributed by atoms with Crippen molar-refractivity contribution in [2.24, 2.45) is 11.8 Å². The van der Waals surface area contributed by atoms with Crippen molar-refractivity contribution in [3.05, 3.63) is 89.4 Å². The summed E-state index contributed by atoms with van der Waals surface area (Å²) in [5.41, 5.74) is 4.28. The number of imidazole rings is 1. The molecule has 0 saturated heterocycles. The first-order valence-corrected chi connectivity index (χ1v) is 13.5. The molecule has 7 heteroatoms. The van der Waals surface area contributed by atoms with Crippen LogP contribution in [0.2, 0.25) is 0 Å². The van der Waals surface area contributed by atoms with Crippen molar-refractivity contribution in [1.82, 2.24) is 19.9 Å². The van der Waals surface area contributed by atoms with E-state index in [9.17, 15) is 9.18 Å². The van der Waals surface area contributed by atoms with Crippen molar-refractivity contribution < 1.29 is 9.18 Å². The third-order valence-electron chi connectivity index (χ3n) is 7.31. The monoisotopic (exact) mass is 502 g/mol. The Morgan fingerprint density at radius 1 is 1.08 bits per heavy atom. The molecule has 1 N–H and O–H groups in total. The van der Waals surface area contributed by atoms with Crippen molar-refractivity contribution in [3.63, 3.8) is 0 Å². The van der Waals surface area contributed by atoms with E-state index in [1.807, 2.05) is 42.5 Å². The lowest BCUT2D eigenvalue weighted by Crippen LogP contribution is -2.43. The molecule has 0 aliphatic heterocycles. The highest BCUT2D eigenvalue weighted by atomic mass is 32.2. The third-order valence-corrected chi connectivity index (χ3v) is 8.35. The van der Waals surface area contributed by atoms with Gasteiger partial charge in [0.1, 0.15) is 11.3 Å². The summed E-state index contributed by atoms with van der Waals surface area (Å²) in [5.74, 6) is 1.50. The summed E-state index contributed by atoms with van der Waals surface area (Å²) in [5, 5.41) is 4.08. The number of aromatic nitrogens is 3. The Morgan fingerprint density at radius 2 is 1.92 bits per heavy atom. The number of carbonyl (C=O) groups is 1. The number of hydrogen-bond acceptors (Lipinski definition) is 4. The quantitative estimate of drug-likeness (QED) is 0.295. The van der Waals surface area contributed by atoms with Crippen molar-refractivity contribution in [2.75, 3.05) is 0 Å². The largest absolute Gasteiger partial charge is 0.349 e. The van der Waals surface area contributed by atoms with Crippen molar-refractivity contribution in [2.45, 2.75) is 56.6 Å². The summed E-state index contributed by atoms with van der Waals surface area (Å²) < 4.78 is 15.7. The minimum atomic E-state index is -0.236. The minimum Gasteiger partial charge on any atom is -0.349 e. The molecular formula is C29H31FN4OS. The molecule has 0 spiro atoms. The highest BCUT2D eigenvalue weighted by molar-refractivity contribution is 7.98. The minimum absolute atomic E-state index is 0.00594. The molecule has 0 bridgehead atoms. The van der Waals surface area contributed by atoms with Gasteiger partial charge in [-0.25, -0.2) is 14.4 Å². The second-order valence-electron chi connectivity index (χ2n) is 9.79. The van der Waals surface area contributed by atoms with Gasteiger partial charge in [0.25, 0.3) is 5.91 Å². The predicted octanol–water partition coefficient (Wildman–Crippen LogP) is 6.47. The van der Waals surface area contributed by atoms with Crippen LogP contribution in [0.1, 0.15) is 54.6 Å². The number of rotatable bonds is 7. The Labute approximate surface area is 215 Å². The van der Waals surface area contributed by atoms with E-state index in [-0.39, 0.29) is 17.8 Å². The number of amides is 1. The molecule has 0 radical (unpaired) electrons. The van der Waals surface area contributed by atoms with Crippen LogP contribution in [0.4, 0.5) is 4.39 Å². The first-order valence-electron chi connectivity index (χ1n) is 12.6. The first-order chi connectivity index (χ1) is 17.5. The SMILES string of the molecule is C[C@@H]1[C@H](C)CCC[C@H]1NC(=O)c1ccc(Cn2c(SCc3cccc(F)c3)nc3cccnc32)cc1. The van der Waals surface area contributed by atoms with E-state index in [0.717, 1.165) is 33.9 Å². The zero-order valence-electron chi connectivity index (χ0n) is 20.7. The second-order valence-corrected chi connectivity index (χ2v) is 10.7. The standard InChI is InChI=1S/C29H31FN4OS/c1-19-6-3-9-25(20(19)2)32-28(35)23-13-11-21(12-14-23)17-34-27-26(10-5-15-31-27)33-29(34)36-18-22-7-4-8-24(30)16-22/h4-5,7-8,10-16,19-20,25H,3,6,9,17-18H2,1-2H3,(H,32,35)/t19-,20-,25-/m1/s1. The molecule has 1 saturated carbocycles. The first kappa shape index (κ1) is 24.5. The summed E-state index contributed by atoms with van der Waals surface area (Å²) in [6, 6.07) is 18.5. The Balaban J connectivity index is 1.31. The van der Waals surface area contributed by atoms with Crippen molar-refractivity contribution in [3.8, 4) is 0 Å². The van der Waals surface area contributed by atoms with E-state index in [1.54, 1.807) is 30.1 Å². The van der Waals surface area contributed by atoms with Crippen LogP contribution in [0, 0.1) is 17.7 Å². The van der Waals surface area contributed by atoms with Gasteiger partial charge in [-0.1, -0.05) is 62.7 Å². The number of fused-ring (bicyclic) bond motifs is 1. The molecule has 1 aliphatic carbocycles. The number of carbonyl (C=O) groups excluding carboxylic acids is 1. The molecule has 3 atom stereocenters. The van der Waals surface area contributed by atoms with Crippen LogP contribution in [-0.4, -0.2) is 26.5 Å². The van der Waals surface area contributed by atoms with Gasteiger partial charge in [-0.3, -0.25) is 9.36 Å². The van der Waals surface area contributed by atoms with Crippen molar-refractivity contribution >= 4 is 28.8 Å². The number of pyridine rings is 1. The number of hydrogen-bond donors (Lipinski definition) is 1. The number of thioether (sulfide) groups is 1. The fourth-order valence-corrected chi connectivity index (χ4v) is 5.89. The van der Waals surface area contributed by atoms with Crippen LogP contribution in [0.3, 0.4) is 0 Å². The van der Waals surface area contributed by atoms with Gasteiger partial charge in [0, 0.05) is 23.6 Å². The van der Waals surface area contributed by atoms with E-state index in [2.05, 4.69) is 28.7 Å².